The third-order valence-electron chi connectivity index (χ3n) is 4.28. The summed E-state index contributed by atoms with van der Waals surface area (Å²) in [5.41, 5.74) is 4.20. The molecule has 0 fully saturated rings. The summed E-state index contributed by atoms with van der Waals surface area (Å²) in [6.07, 6.45) is 2.83. The Bertz CT molecular complexity index is 627. The summed E-state index contributed by atoms with van der Waals surface area (Å²) in [5.74, 6) is 0.616. The second-order valence-electron chi connectivity index (χ2n) is 5.33. The molecule has 3 heteroatoms. The van der Waals surface area contributed by atoms with Crippen LogP contribution in [0.15, 0.2) is 24.3 Å². The van der Waals surface area contributed by atoms with E-state index in [4.69, 9.17) is 0 Å². The zero-order valence-electron chi connectivity index (χ0n) is 11.6. The van der Waals surface area contributed by atoms with Gasteiger partial charge in [-0.3, -0.25) is 4.79 Å². The number of carbonyl (C=O) groups excluding carboxylic acids is 1. The maximum atomic E-state index is 11.4. The molecule has 3 rings (SSSR count). The van der Waals surface area contributed by atoms with Gasteiger partial charge < -0.3 is 9.88 Å². The molecule has 1 aliphatic carbocycles. The normalized spacial score (nSPS) is 17.7. The van der Waals surface area contributed by atoms with Gasteiger partial charge >= 0.3 is 0 Å². The Morgan fingerprint density at radius 3 is 3.00 bits per heavy atom. The van der Waals surface area contributed by atoms with Crippen molar-refractivity contribution in [3.63, 3.8) is 0 Å². The number of amides is 1. The molecule has 0 spiro atoms. The van der Waals surface area contributed by atoms with E-state index in [-0.39, 0.29) is 5.91 Å². The van der Waals surface area contributed by atoms with Gasteiger partial charge in [-0.2, -0.15) is 0 Å². The number of carbonyl (C=O) groups is 1. The fraction of sp³-hybridized carbons (Fsp3) is 0.438. The van der Waals surface area contributed by atoms with Gasteiger partial charge in [0.1, 0.15) is 0 Å². The molecule has 3 nitrogen and oxygen atoms in total. The van der Waals surface area contributed by atoms with Crippen molar-refractivity contribution < 1.29 is 4.79 Å². The van der Waals surface area contributed by atoms with Crippen LogP contribution >= 0.6 is 0 Å². The monoisotopic (exact) mass is 256 g/mol. The highest BCUT2D eigenvalue weighted by atomic mass is 16.1. The molecule has 1 unspecified atom stereocenters. The summed E-state index contributed by atoms with van der Waals surface area (Å²) >= 11 is 0. The molecular formula is C16H20N2O. The third kappa shape index (κ3) is 1.93. The first-order valence-corrected chi connectivity index (χ1v) is 7.05. The molecule has 100 valence electrons. The van der Waals surface area contributed by atoms with Crippen molar-refractivity contribution in [3.05, 3.63) is 35.5 Å². The Labute approximate surface area is 113 Å². The van der Waals surface area contributed by atoms with Crippen molar-refractivity contribution in [3.8, 4) is 0 Å². The summed E-state index contributed by atoms with van der Waals surface area (Å²) in [6, 6.07) is 8.57. The molecule has 19 heavy (non-hydrogen) atoms. The van der Waals surface area contributed by atoms with Crippen LogP contribution in [0, 0.1) is 0 Å². The molecule has 1 heterocycles. The maximum Gasteiger partial charge on any atom is 0.219 e. The van der Waals surface area contributed by atoms with Crippen LogP contribution in [-0.4, -0.2) is 17.0 Å². The maximum absolute atomic E-state index is 11.4. The van der Waals surface area contributed by atoms with Crippen molar-refractivity contribution >= 4 is 16.8 Å². The van der Waals surface area contributed by atoms with E-state index in [1.807, 2.05) is 6.92 Å². The first-order valence-electron chi connectivity index (χ1n) is 7.05. The standard InChI is InChI=1S/C16H20N2O/c1-3-15(19)17-10-11-8-9-14-16(11)12-6-4-5-7-13(12)18(14)2/h4-7,11H,3,8-10H2,1-2H3,(H,17,19). The molecule has 0 aliphatic heterocycles. The van der Waals surface area contributed by atoms with E-state index in [1.165, 1.54) is 22.2 Å². The first-order chi connectivity index (χ1) is 9.22. The molecule has 0 radical (unpaired) electrons. The van der Waals surface area contributed by atoms with E-state index < -0.39 is 0 Å². The van der Waals surface area contributed by atoms with Gasteiger partial charge in [-0.25, -0.2) is 0 Å². The van der Waals surface area contributed by atoms with Gasteiger partial charge in [0.2, 0.25) is 5.91 Å². The van der Waals surface area contributed by atoms with Crippen LogP contribution in [0.5, 0.6) is 0 Å². The lowest BCUT2D eigenvalue weighted by Crippen LogP contribution is -2.26. The highest BCUT2D eigenvalue weighted by Gasteiger charge is 2.28. The van der Waals surface area contributed by atoms with Gasteiger partial charge in [0.05, 0.1) is 0 Å². The van der Waals surface area contributed by atoms with E-state index in [0.717, 1.165) is 19.4 Å². The lowest BCUT2D eigenvalue weighted by molar-refractivity contribution is -0.120. The fourth-order valence-electron chi connectivity index (χ4n) is 3.25. The summed E-state index contributed by atoms with van der Waals surface area (Å²) in [5, 5.41) is 4.40. The van der Waals surface area contributed by atoms with Crippen LogP contribution in [0.1, 0.15) is 36.9 Å². The third-order valence-corrected chi connectivity index (χ3v) is 4.28. The number of para-hydroxylation sites is 1. The van der Waals surface area contributed by atoms with Crippen LogP contribution in [0.2, 0.25) is 0 Å². The van der Waals surface area contributed by atoms with Crippen molar-refractivity contribution in [2.75, 3.05) is 6.54 Å². The number of aryl methyl sites for hydroxylation is 1. The number of benzene rings is 1. The van der Waals surface area contributed by atoms with Crippen molar-refractivity contribution in [2.24, 2.45) is 7.05 Å². The van der Waals surface area contributed by atoms with Gasteiger partial charge in [0.25, 0.3) is 0 Å². The summed E-state index contributed by atoms with van der Waals surface area (Å²) in [6.45, 7) is 2.67. The molecule has 1 amide bonds. The molecule has 1 aromatic carbocycles. The summed E-state index contributed by atoms with van der Waals surface area (Å²) in [7, 11) is 2.15. The van der Waals surface area contributed by atoms with Crippen LogP contribution < -0.4 is 5.32 Å². The summed E-state index contributed by atoms with van der Waals surface area (Å²) in [4.78, 5) is 11.4. The molecular weight excluding hydrogens is 236 g/mol. The van der Waals surface area contributed by atoms with Crippen molar-refractivity contribution in [1.82, 2.24) is 9.88 Å². The quantitative estimate of drug-likeness (QED) is 0.900. The second kappa shape index (κ2) is 4.72. The minimum atomic E-state index is 0.147. The molecule has 1 aliphatic rings. The second-order valence-corrected chi connectivity index (χ2v) is 5.33. The largest absolute Gasteiger partial charge is 0.355 e. The SMILES string of the molecule is CCC(=O)NCC1CCc2c1c1ccccc1n2C. The first kappa shape index (κ1) is 12.3. The number of rotatable bonds is 3. The Balaban J connectivity index is 1.95. The zero-order chi connectivity index (χ0) is 13.4. The molecule has 1 aromatic heterocycles. The van der Waals surface area contributed by atoms with Gasteiger partial charge in [-0.1, -0.05) is 25.1 Å². The van der Waals surface area contributed by atoms with Crippen LogP contribution in [-0.2, 0) is 18.3 Å². The fourth-order valence-corrected chi connectivity index (χ4v) is 3.25. The lowest BCUT2D eigenvalue weighted by atomic mass is 10.00. The minimum Gasteiger partial charge on any atom is -0.355 e. The number of fused-ring (bicyclic) bond motifs is 3. The van der Waals surface area contributed by atoms with Crippen LogP contribution in [0.25, 0.3) is 10.9 Å². The number of aromatic nitrogens is 1. The van der Waals surface area contributed by atoms with Crippen LogP contribution in [0.4, 0.5) is 0 Å². The average Bonchev–Trinajstić information content (AvgIpc) is 2.98. The molecule has 0 saturated heterocycles. The predicted molar refractivity (Wildman–Crippen MR) is 77.3 cm³/mol. The Morgan fingerprint density at radius 2 is 2.21 bits per heavy atom. The molecule has 1 N–H and O–H groups in total. The smallest absolute Gasteiger partial charge is 0.219 e. The Hall–Kier alpha value is -1.77. The molecule has 0 bridgehead atoms. The topological polar surface area (TPSA) is 34.0 Å². The summed E-state index contributed by atoms with van der Waals surface area (Å²) < 4.78 is 2.31. The number of hydrogen-bond donors (Lipinski definition) is 1. The van der Waals surface area contributed by atoms with Gasteiger partial charge in [-0.05, 0) is 24.5 Å². The molecule has 1 atom stereocenters. The molecule has 0 saturated carbocycles. The minimum absolute atomic E-state index is 0.147. The van der Waals surface area contributed by atoms with E-state index in [2.05, 4.69) is 41.2 Å². The highest BCUT2D eigenvalue weighted by molar-refractivity contribution is 5.87. The van der Waals surface area contributed by atoms with E-state index in [0.29, 0.717) is 12.3 Å². The van der Waals surface area contributed by atoms with Gasteiger partial charge in [-0.15, -0.1) is 0 Å². The van der Waals surface area contributed by atoms with E-state index in [1.54, 1.807) is 0 Å². The Kier molecular flexibility index (Phi) is 3.05. The molecule has 2 aromatic rings. The average molecular weight is 256 g/mol. The van der Waals surface area contributed by atoms with Crippen molar-refractivity contribution in [2.45, 2.75) is 32.1 Å². The Morgan fingerprint density at radius 1 is 1.42 bits per heavy atom. The van der Waals surface area contributed by atoms with Crippen LogP contribution in [0.3, 0.4) is 0 Å². The number of nitrogens with zero attached hydrogens (tertiary/aromatic N) is 1. The lowest BCUT2D eigenvalue weighted by Gasteiger charge is -2.12. The number of nitrogens with one attached hydrogen (secondary N) is 1. The van der Waals surface area contributed by atoms with E-state index >= 15 is 0 Å². The van der Waals surface area contributed by atoms with Crippen molar-refractivity contribution in [1.29, 1.82) is 0 Å². The van der Waals surface area contributed by atoms with Gasteiger partial charge in [0, 0.05) is 42.5 Å². The highest BCUT2D eigenvalue weighted by Crippen LogP contribution is 2.39. The van der Waals surface area contributed by atoms with E-state index in [9.17, 15) is 4.79 Å². The van der Waals surface area contributed by atoms with Gasteiger partial charge in [0.15, 0.2) is 0 Å². The zero-order valence-corrected chi connectivity index (χ0v) is 11.6. The predicted octanol–water partition coefficient (Wildman–Crippen LogP) is 2.73. The number of hydrogen-bond acceptors (Lipinski definition) is 1.